The number of fused-ring (bicyclic) bond motifs is 3. The molecule has 0 bridgehead atoms. The molecule has 0 radical (unpaired) electrons. The molecule has 32 heavy (non-hydrogen) atoms. The maximum Gasteiger partial charge on any atom is 0.293 e. The van der Waals surface area contributed by atoms with Crippen LogP contribution in [0.1, 0.15) is 18.6 Å². The highest BCUT2D eigenvalue weighted by Gasteiger charge is 2.24. The molecule has 6 rings (SSSR count). The third-order valence-electron chi connectivity index (χ3n) is 5.70. The smallest absolute Gasteiger partial charge is 0.293 e. The van der Waals surface area contributed by atoms with Crippen LogP contribution in [0.2, 0.25) is 0 Å². The van der Waals surface area contributed by atoms with E-state index in [0.717, 1.165) is 12.8 Å². The van der Waals surface area contributed by atoms with Crippen LogP contribution >= 0.6 is 0 Å². The summed E-state index contributed by atoms with van der Waals surface area (Å²) in [6.45, 7) is 2.79. The molecule has 0 amide bonds. The Hall–Kier alpha value is -3.79. The van der Waals surface area contributed by atoms with Crippen molar-refractivity contribution in [1.29, 1.82) is 0 Å². The second kappa shape index (κ2) is 7.13. The van der Waals surface area contributed by atoms with E-state index < -0.39 is 5.82 Å². The summed E-state index contributed by atoms with van der Waals surface area (Å²) in [4.78, 5) is 22.4. The van der Waals surface area contributed by atoms with Crippen molar-refractivity contribution >= 4 is 16.6 Å². The largest absolute Gasteiger partial charge is 0.456 e. The molecule has 5 aromatic rings. The van der Waals surface area contributed by atoms with Crippen LogP contribution in [0.4, 0.5) is 4.39 Å². The van der Waals surface area contributed by atoms with Crippen molar-refractivity contribution in [2.45, 2.75) is 32.4 Å². The van der Waals surface area contributed by atoms with Crippen LogP contribution in [0.25, 0.3) is 39.7 Å². The Labute approximate surface area is 180 Å². The van der Waals surface area contributed by atoms with Gasteiger partial charge < -0.3 is 18.2 Å². The van der Waals surface area contributed by atoms with Crippen molar-refractivity contribution in [2.75, 3.05) is 6.61 Å². The zero-order chi connectivity index (χ0) is 21.8. The predicted molar refractivity (Wildman–Crippen MR) is 112 cm³/mol. The molecule has 1 aromatic carbocycles. The first-order chi connectivity index (χ1) is 15.6. The van der Waals surface area contributed by atoms with Gasteiger partial charge in [-0.2, -0.15) is 4.98 Å². The summed E-state index contributed by atoms with van der Waals surface area (Å²) in [6, 6.07) is 7.86. The minimum Gasteiger partial charge on any atom is -0.456 e. The summed E-state index contributed by atoms with van der Waals surface area (Å²) in [6.07, 6.45) is 3.18. The molecule has 162 valence electrons. The van der Waals surface area contributed by atoms with Crippen molar-refractivity contribution in [3.05, 3.63) is 58.6 Å². The summed E-state index contributed by atoms with van der Waals surface area (Å²) >= 11 is 0. The molecule has 0 spiro atoms. The molecule has 4 aromatic heterocycles. The monoisotopic (exact) mass is 435 g/mol. The van der Waals surface area contributed by atoms with Crippen LogP contribution in [0.3, 0.4) is 0 Å². The molecule has 1 fully saturated rings. The van der Waals surface area contributed by atoms with E-state index in [9.17, 15) is 9.18 Å². The van der Waals surface area contributed by atoms with Crippen molar-refractivity contribution in [3.8, 4) is 23.2 Å². The Morgan fingerprint density at radius 3 is 2.91 bits per heavy atom. The molecule has 0 N–H and O–H groups in total. The number of hydrogen-bond donors (Lipinski definition) is 0. The van der Waals surface area contributed by atoms with Crippen LogP contribution in [0.15, 0.2) is 50.4 Å². The molecule has 1 aliphatic heterocycles. The molecule has 1 unspecified atom stereocenters. The minimum atomic E-state index is -0.422. The van der Waals surface area contributed by atoms with E-state index >= 15 is 0 Å². The van der Waals surface area contributed by atoms with Crippen LogP contribution in [-0.2, 0) is 11.3 Å². The molecular weight excluding hydrogens is 417 g/mol. The van der Waals surface area contributed by atoms with Crippen LogP contribution in [0.5, 0.6) is 0 Å². The first-order valence-corrected chi connectivity index (χ1v) is 10.3. The maximum absolute atomic E-state index is 14.1. The molecule has 0 aliphatic carbocycles. The standard InChI is InChI=1S/C22H18FN5O4/c1-12-4-7-17(31-12)21-25-20(26-32-21)18-19-22(29)27(10-14-3-2-8-30-14)16-9-13(23)5-6-15(16)28(19)11-24-18/h4-7,9,11,14H,2-3,8,10H2,1H3. The van der Waals surface area contributed by atoms with Crippen LogP contribution in [0, 0.1) is 12.7 Å². The average Bonchev–Trinajstić information content (AvgIpc) is 3.57. The lowest BCUT2D eigenvalue weighted by Crippen LogP contribution is -2.28. The minimum absolute atomic E-state index is 0.105. The first-order valence-electron chi connectivity index (χ1n) is 10.3. The lowest BCUT2D eigenvalue weighted by Gasteiger charge is -2.16. The fourth-order valence-electron chi connectivity index (χ4n) is 4.20. The van der Waals surface area contributed by atoms with Gasteiger partial charge in [0, 0.05) is 6.61 Å². The normalized spacial score (nSPS) is 16.5. The fraction of sp³-hybridized carbons (Fsp3) is 0.273. The first kappa shape index (κ1) is 18.9. The van der Waals surface area contributed by atoms with Gasteiger partial charge in [0.2, 0.25) is 5.82 Å². The second-order valence-electron chi connectivity index (χ2n) is 7.83. The molecule has 1 aliphatic rings. The Morgan fingerprint density at radius 2 is 2.12 bits per heavy atom. The summed E-state index contributed by atoms with van der Waals surface area (Å²) in [7, 11) is 0. The number of halogens is 1. The zero-order valence-electron chi connectivity index (χ0n) is 17.1. The number of rotatable bonds is 4. The quantitative estimate of drug-likeness (QED) is 0.425. The number of benzene rings is 1. The van der Waals surface area contributed by atoms with Gasteiger partial charge in [-0.05, 0) is 50.1 Å². The van der Waals surface area contributed by atoms with E-state index in [4.69, 9.17) is 13.7 Å². The number of furan rings is 1. The van der Waals surface area contributed by atoms with E-state index in [2.05, 4.69) is 15.1 Å². The van der Waals surface area contributed by atoms with E-state index in [0.29, 0.717) is 35.7 Å². The number of ether oxygens (including phenoxy) is 1. The molecule has 1 saturated heterocycles. The van der Waals surface area contributed by atoms with Gasteiger partial charge in [-0.25, -0.2) is 9.37 Å². The summed E-state index contributed by atoms with van der Waals surface area (Å²) in [5.41, 5.74) is 1.35. The lowest BCUT2D eigenvalue weighted by molar-refractivity contribution is 0.0973. The molecule has 1 atom stereocenters. The summed E-state index contributed by atoms with van der Waals surface area (Å²) < 4.78 is 33.9. The SMILES string of the molecule is Cc1ccc(-c2nc(-c3ncn4c3c(=O)n(CC3CCCO3)c3cc(F)ccc34)no2)o1. The fourth-order valence-corrected chi connectivity index (χ4v) is 4.20. The third-order valence-corrected chi connectivity index (χ3v) is 5.70. The van der Waals surface area contributed by atoms with E-state index in [-0.39, 0.29) is 34.6 Å². The van der Waals surface area contributed by atoms with Gasteiger partial charge in [0.25, 0.3) is 11.4 Å². The topological polar surface area (TPSA) is 101 Å². The highest BCUT2D eigenvalue weighted by Crippen LogP contribution is 2.27. The Morgan fingerprint density at radius 1 is 1.22 bits per heavy atom. The number of aryl methyl sites for hydroxylation is 1. The van der Waals surface area contributed by atoms with Crippen molar-refractivity contribution < 1.29 is 18.1 Å². The lowest BCUT2D eigenvalue weighted by atomic mass is 10.2. The highest BCUT2D eigenvalue weighted by molar-refractivity contribution is 5.83. The number of hydrogen-bond acceptors (Lipinski definition) is 7. The Bertz CT molecular complexity index is 1520. The molecular formula is C22H18FN5O4. The van der Waals surface area contributed by atoms with Crippen molar-refractivity contribution in [3.63, 3.8) is 0 Å². The summed E-state index contributed by atoms with van der Waals surface area (Å²) in [5, 5.41) is 4.01. The van der Waals surface area contributed by atoms with Crippen molar-refractivity contribution in [1.82, 2.24) is 24.1 Å². The molecule has 9 nitrogen and oxygen atoms in total. The Kier molecular flexibility index (Phi) is 4.22. The van der Waals surface area contributed by atoms with Gasteiger partial charge in [0.15, 0.2) is 5.76 Å². The zero-order valence-corrected chi connectivity index (χ0v) is 17.1. The van der Waals surface area contributed by atoms with E-state index in [1.165, 1.54) is 18.5 Å². The van der Waals surface area contributed by atoms with Crippen LogP contribution in [-0.4, -0.2) is 36.8 Å². The number of aromatic nitrogens is 5. The maximum atomic E-state index is 14.1. The van der Waals surface area contributed by atoms with Crippen LogP contribution < -0.4 is 5.56 Å². The van der Waals surface area contributed by atoms with Gasteiger partial charge in [-0.15, -0.1) is 0 Å². The Balaban J connectivity index is 1.56. The molecule has 0 saturated carbocycles. The number of nitrogens with zero attached hydrogens (tertiary/aromatic N) is 5. The van der Waals surface area contributed by atoms with Gasteiger partial charge in [-0.1, -0.05) is 5.16 Å². The van der Waals surface area contributed by atoms with E-state index in [1.807, 2.05) is 6.92 Å². The van der Waals surface area contributed by atoms with Gasteiger partial charge in [0.05, 0.1) is 23.7 Å². The van der Waals surface area contributed by atoms with Gasteiger partial charge in [0.1, 0.15) is 29.1 Å². The molecule has 5 heterocycles. The van der Waals surface area contributed by atoms with Crippen molar-refractivity contribution in [2.24, 2.45) is 0 Å². The number of imidazole rings is 1. The molecule has 10 heteroatoms. The van der Waals surface area contributed by atoms with E-state index in [1.54, 1.807) is 27.2 Å². The predicted octanol–water partition coefficient (Wildman–Crippen LogP) is 3.59. The van der Waals surface area contributed by atoms with Gasteiger partial charge >= 0.3 is 0 Å². The second-order valence-corrected chi connectivity index (χ2v) is 7.83. The summed E-state index contributed by atoms with van der Waals surface area (Å²) in [5.74, 6) is 1.08. The average molecular weight is 435 g/mol. The van der Waals surface area contributed by atoms with Gasteiger partial charge in [-0.3, -0.25) is 9.20 Å². The highest BCUT2D eigenvalue weighted by atomic mass is 19.1. The third kappa shape index (κ3) is 2.94.